The van der Waals surface area contributed by atoms with Gasteiger partial charge in [0.05, 0.1) is 51.1 Å². The summed E-state index contributed by atoms with van der Waals surface area (Å²) in [5.41, 5.74) is 12.8. The molecule has 2 aromatic heterocycles. The molecule has 232 valence electrons. The second-order valence-electron chi connectivity index (χ2n) is 12.6. The van der Waals surface area contributed by atoms with Gasteiger partial charge in [0.25, 0.3) is 0 Å². The molecule has 0 saturated heterocycles. The zero-order valence-electron chi connectivity index (χ0n) is 26.9. The quantitative estimate of drug-likeness (QED) is 0.193. The molecule has 0 atom stereocenters. The molecule has 5 heteroatoms. The highest BCUT2D eigenvalue weighted by atomic mass is 15.0. The minimum atomic E-state index is 0.546. The number of aryl methyl sites for hydroxylation is 1. The van der Waals surface area contributed by atoms with Crippen molar-refractivity contribution in [3.05, 3.63) is 161 Å². The van der Waals surface area contributed by atoms with E-state index in [2.05, 4.69) is 88.0 Å². The maximum atomic E-state index is 10.5. The number of rotatable bonds is 4. The van der Waals surface area contributed by atoms with E-state index < -0.39 is 0 Å². The van der Waals surface area contributed by atoms with Gasteiger partial charge in [-0.2, -0.15) is 15.8 Å². The molecule has 2 heterocycles. The van der Waals surface area contributed by atoms with Gasteiger partial charge in [0, 0.05) is 33.1 Å². The van der Waals surface area contributed by atoms with Gasteiger partial charge in [-0.3, -0.25) is 0 Å². The molecule has 6 aromatic carbocycles. The van der Waals surface area contributed by atoms with Crippen molar-refractivity contribution in [2.24, 2.45) is 0 Å². The Morgan fingerprint density at radius 3 is 1.92 bits per heavy atom. The minimum absolute atomic E-state index is 0.546. The lowest BCUT2D eigenvalue weighted by atomic mass is 9.90. The van der Waals surface area contributed by atoms with Crippen LogP contribution in [0.3, 0.4) is 0 Å². The van der Waals surface area contributed by atoms with Crippen molar-refractivity contribution < 1.29 is 0 Å². The molecule has 0 saturated carbocycles. The molecular formula is C45H27N5. The van der Waals surface area contributed by atoms with E-state index in [9.17, 15) is 15.8 Å². The van der Waals surface area contributed by atoms with Crippen LogP contribution in [0.1, 0.15) is 34.4 Å². The third kappa shape index (κ3) is 4.37. The summed E-state index contributed by atoms with van der Waals surface area (Å²) in [5.74, 6) is 0. The maximum Gasteiger partial charge on any atom is 0.101 e. The van der Waals surface area contributed by atoms with E-state index in [1.807, 2.05) is 78.9 Å². The van der Waals surface area contributed by atoms with Gasteiger partial charge >= 0.3 is 0 Å². The Morgan fingerprint density at radius 1 is 0.520 bits per heavy atom. The van der Waals surface area contributed by atoms with Crippen LogP contribution in [0.2, 0.25) is 0 Å². The maximum absolute atomic E-state index is 10.5. The lowest BCUT2D eigenvalue weighted by Crippen LogP contribution is -2.02. The summed E-state index contributed by atoms with van der Waals surface area (Å²) in [5, 5.41) is 33.5. The van der Waals surface area contributed by atoms with Crippen molar-refractivity contribution in [2.45, 2.75) is 12.8 Å². The standard InChI is InChI=1S/C45H27N5/c46-26-29-16-22-34(31-18-20-33(21-19-31)49-41-13-4-3-11-37(41)40-25-30(27-47)17-23-44(40)49)39(24-29)38-12-7-8-32(28-48)45(38)50-42-14-5-1-9-35(42)36-10-2-6-15-43(36)50/h1-2,4-10,12-25H,3,11H2. The van der Waals surface area contributed by atoms with Crippen molar-refractivity contribution in [2.75, 3.05) is 0 Å². The summed E-state index contributed by atoms with van der Waals surface area (Å²) in [6.07, 6.45) is 6.32. The molecule has 0 N–H and O–H groups in total. The first kappa shape index (κ1) is 29.0. The summed E-state index contributed by atoms with van der Waals surface area (Å²) < 4.78 is 4.47. The van der Waals surface area contributed by atoms with Crippen LogP contribution in [0.5, 0.6) is 0 Å². The van der Waals surface area contributed by atoms with Gasteiger partial charge < -0.3 is 9.13 Å². The third-order valence-corrected chi connectivity index (χ3v) is 9.91. The Morgan fingerprint density at radius 2 is 1.20 bits per heavy atom. The summed E-state index contributed by atoms with van der Waals surface area (Å²) in [7, 11) is 0. The summed E-state index contributed by atoms with van der Waals surface area (Å²) in [6, 6.07) is 49.8. The second-order valence-corrected chi connectivity index (χ2v) is 12.6. The molecule has 50 heavy (non-hydrogen) atoms. The largest absolute Gasteiger partial charge is 0.310 e. The highest BCUT2D eigenvalue weighted by Crippen LogP contribution is 2.42. The first-order chi connectivity index (χ1) is 24.7. The Balaban J connectivity index is 1.25. The van der Waals surface area contributed by atoms with Crippen LogP contribution < -0.4 is 0 Å². The van der Waals surface area contributed by atoms with Gasteiger partial charge in [0.1, 0.15) is 6.07 Å². The number of hydrogen-bond donors (Lipinski definition) is 0. The Hall–Kier alpha value is -7.13. The van der Waals surface area contributed by atoms with Crippen molar-refractivity contribution in [3.63, 3.8) is 0 Å². The first-order valence-electron chi connectivity index (χ1n) is 16.6. The highest BCUT2D eigenvalue weighted by molar-refractivity contribution is 6.10. The molecule has 0 amide bonds. The molecule has 0 spiro atoms. The molecule has 1 aliphatic rings. The molecule has 0 radical (unpaired) electrons. The number of hydrogen-bond acceptors (Lipinski definition) is 3. The van der Waals surface area contributed by atoms with Crippen molar-refractivity contribution in [1.29, 1.82) is 15.8 Å². The predicted molar refractivity (Wildman–Crippen MR) is 200 cm³/mol. The van der Waals surface area contributed by atoms with Crippen molar-refractivity contribution >= 4 is 38.8 Å². The second kappa shape index (κ2) is 11.5. The third-order valence-electron chi connectivity index (χ3n) is 9.91. The van der Waals surface area contributed by atoms with Crippen LogP contribution in [0.4, 0.5) is 0 Å². The van der Waals surface area contributed by atoms with Gasteiger partial charge in [-0.15, -0.1) is 0 Å². The highest BCUT2D eigenvalue weighted by Gasteiger charge is 2.22. The Kier molecular flexibility index (Phi) is 6.70. The fourth-order valence-corrected chi connectivity index (χ4v) is 7.72. The van der Waals surface area contributed by atoms with Gasteiger partial charge in [-0.1, -0.05) is 72.8 Å². The van der Waals surface area contributed by atoms with Gasteiger partial charge in [-0.25, -0.2) is 0 Å². The first-order valence-corrected chi connectivity index (χ1v) is 16.6. The molecular weight excluding hydrogens is 611 g/mol. The number of benzene rings is 6. The van der Waals surface area contributed by atoms with Crippen LogP contribution in [0.15, 0.2) is 133 Å². The van der Waals surface area contributed by atoms with E-state index >= 15 is 0 Å². The van der Waals surface area contributed by atoms with E-state index in [-0.39, 0.29) is 0 Å². The van der Waals surface area contributed by atoms with Crippen LogP contribution in [0.25, 0.3) is 72.4 Å². The minimum Gasteiger partial charge on any atom is -0.310 e. The van der Waals surface area contributed by atoms with Crippen LogP contribution in [-0.4, -0.2) is 9.13 Å². The number of para-hydroxylation sites is 3. The molecule has 0 aliphatic heterocycles. The van der Waals surface area contributed by atoms with E-state index in [1.54, 1.807) is 0 Å². The lowest BCUT2D eigenvalue weighted by Gasteiger charge is -2.19. The van der Waals surface area contributed by atoms with Crippen molar-refractivity contribution in [1.82, 2.24) is 9.13 Å². The smallest absolute Gasteiger partial charge is 0.101 e. The van der Waals surface area contributed by atoms with Gasteiger partial charge in [0.15, 0.2) is 0 Å². The lowest BCUT2D eigenvalue weighted by molar-refractivity contribution is 0.967. The van der Waals surface area contributed by atoms with E-state index in [0.717, 1.165) is 84.9 Å². The number of nitrogens with zero attached hydrogens (tertiary/aromatic N) is 5. The molecule has 0 unspecified atom stereocenters. The summed E-state index contributed by atoms with van der Waals surface area (Å²) >= 11 is 0. The predicted octanol–water partition coefficient (Wildman–Crippen LogP) is 10.6. The Bertz CT molecular complexity index is 2790. The average Bonchev–Trinajstić information content (AvgIpc) is 3.70. The molecule has 8 aromatic rings. The number of aromatic nitrogens is 2. The topological polar surface area (TPSA) is 81.2 Å². The van der Waals surface area contributed by atoms with Crippen molar-refractivity contribution in [3.8, 4) is 51.8 Å². The SMILES string of the molecule is N#Cc1ccc(-c2ccc(-n3c4c(c5cc(C#N)ccc53)CCC=C4)cc2)c(-c2cccc(C#N)c2-n2c3ccccc3c3ccccc32)c1. The molecule has 0 fully saturated rings. The number of allylic oxidation sites excluding steroid dienone is 1. The zero-order chi connectivity index (χ0) is 33.8. The average molecular weight is 638 g/mol. The van der Waals surface area contributed by atoms with Crippen LogP contribution in [-0.2, 0) is 6.42 Å². The summed E-state index contributed by atoms with van der Waals surface area (Å²) in [6.45, 7) is 0. The van der Waals surface area contributed by atoms with Crippen LogP contribution in [0, 0.1) is 34.0 Å². The van der Waals surface area contributed by atoms with E-state index in [1.165, 1.54) is 5.56 Å². The number of nitriles is 3. The van der Waals surface area contributed by atoms with Crippen LogP contribution >= 0.6 is 0 Å². The molecule has 1 aliphatic carbocycles. The van der Waals surface area contributed by atoms with Gasteiger partial charge in [-0.05, 0) is 102 Å². The fraction of sp³-hybridized carbons (Fsp3) is 0.0444. The monoisotopic (exact) mass is 637 g/mol. The normalized spacial score (nSPS) is 12.1. The molecule has 0 bridgehead atoms. The van der Waals surface area contributed by atoms with E-state index in [4.69, 9.17) is 0 Å². The zero-order valence-corrected chi connectivity index (χ0v) is 26.9. The van der Waals surface area contributed by atoms with Gasteiger partial charge in [0.2, 0.25) is 0 Å². The molecule has 9 rings (SSSR count). The summed E-state index contributed by atoms with van der Waals surface area (Å²) in [4.78, 5) is 0. The van der Waals surface area contributed by atoms with E-state index in [0.29, 0.717) is 16.7 Å². The fourth-order valence-electron chi connectivity index (χ4n) is 7.72. The Labute approximate surface area is 289 Å². The molecule has 5 nitrogen and oxygen atoms in total. The number of fused-ring (bicyclic) bond motifs is 6.